The van der Waals surface area contributed by atoms with Gasteiger partial charge in [0, 0.05) is 13.2 Å². The van der Waals surface area contributed by atoms with Gasteiger partial charge in [-0.05, 0) is 45.2 Å². The second-order valence-electron chi connectivity index (χ2n) is 3.20. The lowest BCUT2D eigenvalue weighted by atomic mass is 9.97. The van der Waals surface area contributed by atoms with Crippen LogP contribution in [-0.4, -0.2) is 26.3 Å². The summed E-state index contributed by atoms with van der Waals surface area (Å²) in [5.74, 6) is 0.871. The van der Waals surface area contributed by atoms with Crippen LogP contribution in [0, 0.1) is 5.92 Å². The van der Waals surface area contributed by atoms with Gasteiger partial charge in [-0.3, -0.25) is 0 Å². The molecule has 11 heavy (non-hydrogen) atoms. The molecule has 0 spiro atoms. The molecule has 1 saturated heterocycles. The highest BCUT2D eigenvalue weighted by Gasteiger charge is 2.11. The number of nitrogens with one attached hydrogen (secondary N) is 1. The zero-order valence-corrected chi connectivity index (χ0v) is 7.44. The molecule has 0 aromatic rings. The van der Waals surface area contributed by atoms with Crippen LogP contribution < -0.4 is 5.32 Å². The molecular weight excluding hydrogens is 138 g/mol. The van der Waals surface area contributed by atoms with Crippen molar-refractivity contribution in [1.82, 2.24) is 5.32 Å². The molecule has 0 aromatic carbocycles. The monoisotopic (exact) mass is 157 g/mol. The molecule has 1 atom stereocenters. The minimum atomic E-state index is 0.861. The molecule has 0 aliphatic carbocycles. The van der Waals surface area contributed by atoms with E-state index in [2.05, 4.69) is 12.2 Å². The molecule has 1 heterocycles. The van der Waals surface area contributed by atoms with Gasteiger partial charge in [0.25, 0.3) is 0 Å². The summed E-state index contributed by atoms with van der Waals surface area (Å²) in [6.45, 7) is 6.28. The predicted octanol–water partition coefficient (Wildman–Crippen LogP) is 1.41. The number of ether oxygens (including phenoxy) is 1. The average Bonchev–Trinajstić information content (AvgIpc) is 2.07. The first-order chi connectivity index (χ1) is 5.43. The lowest BCUT2D eigenvalue weighted by Gasteiger charge is -2.22. The van der Waals surface area contributed by atoms with E-state index in [1.54, 1.807) is 0 Å². The summed E-state index contributed by atoms with van der Waals surface area (Å²) in [5.41, 5.74) is 0. The minimum absolute atomic E-state index is 0.861. The van der Waals surface area contributed by atoms with Gasteiger partial charge in [0.2, 0.25) is 0 Å². The summed E-state index contributed by atoms with van der Waals surface area (Å²) >= 11 is 0. The molecule has 2 heteroatoms. The van der Waals surface area contributed by atoms with E-state index in [1.165, 1.54) is 32.4 Å². The first kappa shape index (κ1) is 9.01. The predicted molar refractivity (Wildman–Crippen MR) is 46.7 cm³/mol. The molecule has 1 aliphatic heterocycles. The van der Waals surface area contributed by atoms with Crippen LogP contribution in [0.5, 0.6) is 0 Å². The molecule has 0 bridgehead atoms. The Hall–Kier alpha value is -0.0800. The van der Waals surface area contributed by atoms with Crippen LogP contribution in [0.25, 0.3) is 0 Å². The lowest BCUT2D eigenvalue weighted by molar-refractivity contribution is 0.127. The molecule has 1 unspecified atom stereocenters. The lowest BCUT2D eigenvalue weighted by Crippen LogP contribution is -2.30. The van der Waals surface area contributed by atoms with Crippen molar-refractivity contribution in [3.05, 3.63) is 0 Å². The normalized spacial score (nSPS) is 25.4. The van der Waals surface area contributed by atoms with Gasteiger partial charge in [0.05, 0.1) is 0 Å². The standard InChI is InChI=1S/C9H19NO/c1-2-11-7-5-9-4-3-6-10-8-9/h9-10H,2-8H2,1H3. The Labute approximate surface area is 69.3 Å². The fourth-order valence-electron chi connectivity index (χ4n) is 1.56. The molecule has 0 radical (unpaired) electrons. The third kappa shape index (κ3) is 3.73. The van der Waals surface area contributed by atoms with Crippen LogP contribution in [0.4, 0.5) is 0 Å². The van der Waals surface area contributed by atoms with Crippen molar-refractivity contribution < 1.29 is 4.74 Å². The number of piperidine rings is 1. The minimum Gasteiger partial charge on any atom is -0.382 e. The maximum atomic E-state index is 5.31. The largest absolute Gasteiger partial charge is 0.382 e. The van der Waals surface area contributed by atoms with Gasteiger partial charge in [-0.1, -0.05) is 0 Å². The van der Waals surface area contributed by atoms with Gasteiger partial charge in [0.1, 0.15) is 0 Å². The Kier molecular flexibility index (Phi) is 4.55. The maximum absolute atomic E-state index is 5.31. The van der Waals surface area contributed by atoms with E-state index in [9.17, 15) is 0 Å². The maximum Gasteiger partial charge on any atom is 0.0469 e. The van der Waals surface area contributed by atoms with E-state index in [-0.39, 0.29) is 0 Å². The highest BCUT2D eigenvalue weighted by atomic mass is 16.5. The van der Waals surface area contributed by atoms with E-state index in [4.69, 9.17) is 4.74 Å². The molecule has 2 nitrogen and oxygen atoms in total. The Morgan fingerprint density at radius 1 is 1.55 bits per heavy atom. The summed E-state index contributed by atoms with van der Waals surface area (Å²) in [7, 11) is 0. The molecule has 1 fully saturated rings. The summed E-state index contributed by atoms with van der Waals surface area (Å²) in [6.07, 6.45) is 3.97. The summed E-state index contributed by atoms with van der Waals surface area (Å²) in [5, 5.41) is 3.41. The number of hydrogen-bond donors (Lipinski definition) is 1. The van der Waals surface area contributed by atoms with E-state index >= 15 is 0 Å². The fraction of sp³-hybridized carbons (Fsp3) is 1.00. The average molecular weight is 157 g/mol. The van der Waals surface area contributed by atoms with E-state index in [0.29, 0.717) is 0 Å². The molecule has 1 aliphatic rings. The SMILES string of the molecule is CCOCCC1CCCNC1. The smallest absolute Gasteiger partial charge is 0.0469 e. The van der Waals surface area contributed by atoms with E-state index < -0.39 is 0 Å². The van der Waals surface area contributed by atoms with Crippen molar-refractivity contribution in [2.45, 2.75) is 26.2 Å². The quantitative estimate of drug-likeness (QED) is 0.623. The molecule has 1 rings (SSSR count). The highest BCUT2D eigenvalue weighted by Crippen LogP contribution is 2.13. The molecule has 1 N–H and O–H groups in total. The van der Waals surface area contributed by atoms with Crippen molar-refractivity contribution in [3.63, 3.8) is 0 Å². The highest BCUT2D eigenvalue weighted by molar-refractivity contribution is 4.68. The van der Waals surface area contributed by atoms with Crippen molar-refractivity contribution in [2.24, 2.45) is 5.92 Å². The Bertz CT molecular complexity index is 89.6. The van der Waals surface area contributed by atoms with Crippen LogP contribution in [0.1, 0.15) is 26.2 Å². The molecule has 0 aromatic heterocycles. The van der Waals surface area contributed by atoms with E-state index in [1.807, 2.05) is 0 Å². The Balaban J connectivity index is 1.96. The second kappa shape index (κ2) is 5.56. The molecule has 66 valence electrons. The first-order valence-corrected chi connectivity index (χ1v) is 4.72. The molecular formula is C9H19NO. The van der Waals surface area contributed by atoms with Crippen molar-refractivity contribution >= 4 is 0 Å². The Morgan fingerprint density at radius 2 is 2.45 bits per heavy atom. The summed E-state index contributed by atoms with van der Waals surface area (Å²) < 4.78 is 5.31. The van der Waals surface area contributed by atoms with Gasteiger partial charge >= 0.3 is 0 Å². The Morgan fingerprint density at radius 3 is 3.09 bits per heavy atom. The van der Waals surface area contributed by atoms with Gasteiger partial charge in [-0.15, -0.1) is 0 Å². The van der Waals surface area contributed by atoms with Gasteiger partial charge in [-0.25, -0.2) is 0 Å². The first-order valence-electron chi connectivity index (χ1n) is 4.72. The third-order valence-electron chi connectivity index (χ3n) is 2.27. The van der Waals surface area contributed by atoms with Crippen LogP contribution >= 0.6 is 0 Å². The van der Waals surface area contributed by atoms with Crippen LogP contribution in [0.3, 0.4) is 0 Å². The zero-order valence-electron chi connectivity index (χ0n) is 7.44. The summed E-state index contributed by atoms with van der Waals surface area (Å²) in [6, 6.07) is 0. The topological polar surface area (TPSA) is 21.3 Å². The van der Waals surface area contributed by atoms with Gasteiger partial charge < -0.3 is 10.1 Å². The number of hydrogen-bond acceptors (Lipinski definition) is 2. The van der Waals surface area contributed by atoms with E-state index in [0.717, 1.165) is 19.1 Å². The molecule has 0 amide bonds. The second-order valence-corrected chi connectivity index (χ2v) is 3.20. The van der Waals surface area contributed by atoms with Crippen molar-refractivity contribution in [1.29, 1.82) is 0 Å². The van der Waals surface area contributed by atoms with Gasteiger partial charge in [-0.2, -0.15) is 0 Å². The summed E-state index contributed by atoms with van der Waals surface area (Å²) in [4.78, 5) is 0. The van der Waals surface area contributed by atoms with Crippen LogP contribution in [-0.2, 0) is 4.74 Å². The molecule has 0 saturated carbocycles. The van der Waals surface area contributed by atoms with Crippen LogP contribution in [0.2, 0.25) is 0 Å². The zero-order chi connectivity index (χ0) is 7.94. The van der Waals surface area contributed by atoms with Crippen molar-refractivity contribution in [2.75, 3.05) is 26.3 Å². The van der Waals surface area contributed by atoms with Gasteiger partial charge in [0.15, 0.2) is 0 Å². The van der Waals surface area contributed by atoms with Crippen LogP contribution in [0.15, 0.2) is 0 Å². The van der Waals surface area contributed by atoms with Crippen molar-refractivity contribution in [3.8, 4) is 0 Å². The third-order valence-corrected chi connectivity index (χ3v) is 2.27. The number of rotatable bonds is 4. The fourth-order valence-corrected chi connectivity index (χ4v) is 1.56.